The predicted molar refractivity (Wildman–Crippen MR) is 90.4 cm³/mol. The van der Waals surface area contributed by atoms with Crippen LogP contribution in [0.5, 0.6) is 0 Å². The second-order valence-corrected chi connectivity index (χ2v) is 8.09. The smallest absolute Gasteiger partial charge is 0.318 e. The van der Waals surface area contributed by atoms with E-state index in [9.17, 15) is 18.4 Å². The SMILES string of the molecule is CCC(F)(F)CC(NC(=O)N1CCC2(CC1)CC2)C(=O)NC1(C#N)CC1. The molecule has 6 nitrogen and oxygen atoms in total. The summed E-state index contributed by atoms with van der Waals surface area (Å²) < 4.78 is 27.8. The number of nitrogens with one attached hydrogen (secondary N) is 2. The van der Waals surface area contributed by atoms with E-state index < -0.39 is 42.3 Å². The van der Waals surface area contributed by atoms with E-state index in [1.165, 1.54) is 19.8 Å². The molecule has 144 valence electrons. The highest BCUT2D eigenvalue weighted by Gasteiger charge is 2.48. The molecule has 1 atom stereocenters. The molecule has 0 radical (unpaired) electrons. The zero-order valence-corrected chi connectivity index (χ0v) is 15.1. The van der Waals surface area contributed by atoms with E-state index in [4.69, 9.17) is 5.26 Å². The summed E-state index contributed by atoms with van der Waals surface area (Å²) in [5, 5.41) is 14.1. The van der Waals surface area contributed by atoms with Crippen LogP contribution in [0.25, 0.3) is 0 Å². The van der Waals surface area contributed by atoms with Crippen molar-refractivity contribution in [2.24, 2.45) is 5.41 Å². The van der Waals surface area contributed by atoms with Gasteiger partial charge in [-0.15, -0.1) is 0 Å². The number of rotatable bonds is 6. The van der Waals surface area contributed by atoms with Gasteiger partial charge in [0.25, 0.3) is 0 Å². The lowest BCUT2D eigenvalue weighted by Crippen LogP contribution is -2.55. The van der Waals surface area contributed by atoms with Crippen LogP contribution in [0.15, 0.2) is 0 Å². The molecule has 26 heavy (non-hydrogen) atoms. The van der Waals surface area contributed by atoms with E-state index in [1.807, 2.05) is 6.07 Å². The summed E-state index contributed by atoms with van der Waals surface area (Å²) in [7, 11) is 0. The molecule has 2 saturated carbocycles. The molecule has 2 aliphatic carbocycles. The number of carbonyl (C=O) groups excluding carboxylic acids is 2. The molecular weight excluding hydrogens is 342 g/mol. The zero-order valence-electron chi connectivity index (χ0n) is 15.1. The Balaban J connectivity index is 1.61. The lowest BCUT2D eigenvalue weighted by Gasteiger charge is -2.33. The van der Waals surface area contributed by atoms with Gasteiger partial charge in [0.15, 0.2) is 0 Å². The van der Waals surface area contributed by atoms with Gasteiger partial charge < -0.3 is 15.5 Å². The van der Waals surface area contributed by atoms with Gasteiger partial charge in [-0.2, -0.15) is 5.26 Å². The van der Waals surface area contributed by atoms with Gasteiger partial charge in [-0.25, -0.2) is 13.6 Å². The molecule has 1 heterocycles. The molecular formula is C18H26F2N4O2. The van der Waals surface area contributed by atoms with Crippen LogP contribution in [-0.2, 0) is 4.79 Å². The first kappa shape index (κ1) is 18.9. The minimum atomic E-state index is -3.06. The maximum atomic E-state index is 13.9. The number of urea groups is 1. The van der Waals surface area contributed by atoms with E-state index in [0.29, 0.717) is 31.3 Å². The summed E-state index contributed by atoms with van der Waals surface area (Å²) in [5.41, 5.74) is -0.557. The second-order valence-electron chi connectivity index (χ2n) is 8.09. The number of nitriles is 1. The van der Waals surface area contributed by atoms with Gasteiger partial charge in [-0.1, -0.05) is 6.92 Å². The molecule has 1 aliphatic heterocycles. The van der Waals surface area contributed by atoms with Crippen molar-refractivity contribution in [1.29, 1.82) is 5.26 Å². The fraction of sp³-hybridized carbons (Fsp3) is 0.833. The molecule has 1 spiro atoms. The highest BCUT2D eigenvalue weighted by Crippen LogP contribution is 2.53. The summed E-state index contributed by atoms with van der Waals surface area (Å²) in [6.45, 7) is 2.52. The topological polar surface area (TPSA) is 85.2 Å². The first-order chi connectivity index (χ1) is 12.2. The highest BCUT2D eigenvalue weighted by molar-refractivity contribution is 5.88. The molecule has 1 unspecified atom stereocenters. The lowest BCUT2D eigenvalue weighted by molar-refractivity contribution is -0.126. The quantitative estimate of drug-likeness (QED) is 0.755. The summed E-state index contributed by atoms with van der Waals surface area (Å²) in [5.74, 6) is -3.76. The van der Waals surface area contributed by atoms with E-state index in [-0.39, 0.29) is 0 Å². The van der Waals surface area contributed by atoms with Crippen LogP contribution in [0.3, 0.4) is 0 Å². The number of nitrogens with zero attached hydrogens (tertiary/aromatic N) is 2. The van der Waals surface area contributed by atoms with Crippen molar-refractivity contribution < 1.29 is 18.4 Å². The Hall–Kier alpha value is -1.91. The third-order valence-electron chi connectivity index (χ3n) is 6.03. The number of halogens is 2. The third kappa shape index (κ3) is 4.25. The zero-order chi connectivity index (χ0) is 19.0. The summed E-state index contributed by atoms with van der Waals surface area (Å²) in [6, 6.07) is 0.181. The van der Waals surface area contributed by atoms with Crippen LogP contribution in [0.2, 0.25) is 0 Å². The number of likely N-dealkylation sites (tertiary alicyclic amines) is 1. The van der Waals surface area contributed by atoms with Gasteiger partial charge in [0, 0.05) is 25.9 Å². The monoisotopic (exact) mass is 368 g/mol. The molecule has 3 rings (SSSR count). The van der Waals surface area contributed by atoms with Crippen LogP contribution in [0.1, 0.15) is 58.3 Å². The van der Waals surface area contributed by atoms with Crippen LogP contribution < -0.4 is 10.6 Å². The van der Waals surface area contributed by atoms with Crippen molar-refractivity contribution in [3.05, 3.63) is 0 Å². The number of carbonyl (C=O) groups is 2. The van der Waals surface area contributed by atoms with Crippen molar-refractivity contribution in [3.63, 3.8) is 0 Å². The maximum absolute atomic E-state index is 13.9. The van der Waals surface area contributed by atoms with E-state index >= 15 is 0 Å². The number of alkyl halides is 2. The molecule has 1 saturated heterocycles. The lowest BCUT2D eigenvalue weighted by atomic mass is 9.94. The average Bonchev–Trinajstić information content (AvgIpc) is 3.53. The number of hydrogen-bond acceptors (Lipinski definition) is 3. The molecule has 2 N–H and O–H groups in total. The van der Waals surface area contributed by atoms with Crippen molar-refractivity contribution >= 4 is 11.9 Å². The highest BCUT2D eigenvalue weighted by atomic mass is 19.3. The number of piperidine rings is 1. The minimum Gasteiger partial charge on any atom is -0.336 e. The van der Waals surface area contributed by atoms with E-state index in [1.54, 1.807) is 4.90 Å². The van der Waals surface area contributed by atoms with Gasteiger partial charge in [-0.05, 0) is 43.9 Å². The summed E-state index contributed by atoms with van der Waals surface area (Å²) >= 11 is 0. The Kier molecular flexibility index (Phi) is 4.84. The first-order valence-corrected chi connectivity index (χ1v) is 9.39. The molecule has 0 bridgehead atoms. The minimum absolute atomic E-state index is 0.397. The van der Waals surface area contributed by atoms with Crippen molar-refractivity contribution in [1.82, 2.24) is 15.5 Å². The Labute approximate surface area is 152 Å². The van der Waals surface area contributed by atoms with Gasteiger partial charge in [0.2, 0.25) is 11.8 Å². The van der Waals surface area contributed by atoms with Crippen molar-refractivity contribution in [3.8, 4) is 6.07 Å². The van der Waals surface area contributed by atoms with Crippen LogP contribution in [0, 0.1) is 16.7 Å². The van der Waals surface area contributed by atoms with Gasteiger partial charge in [-0.3, -0.25) is 4.79 Å². The molecule has 0 aromatic rings. The second kappa shape index (κ2) is 6.67. The van der Waals surface area contributed by atoms with Crippen molar-refractivity contribution in [2.75, 3.05) is 13.1 Å². The standard InChI is InChI=1S/C18H26F2N4O2/c1-2-18(19,20)11-13(14(25)23-17(12-21)5-6-17)22-15(26)24-9-7-16(3-4-16)8-10-24/h13H,2-11H2,1H3,(H,22,26)(H,23,25). The maximum Gasteiger partial charge on any atom is 0.318 e. The summed E-state index contributed by atoms with van der Waals surface area (Å²) in [4.78, 5) is 26.6. The number of hydrogen-bond donors (Lipinski definition) is 2. The molecule has 3 fully saturated rings. The van der Waals surface area contributed by atoms with Crippen LogP contribution >= 0.6 is 0 Å². The summed E-state index contributed by atoms with van der Waals surface area (Å²) in [6.07, 6.45) is 4.10. The van der Waals surface area contributed by atoms with E-state index in [0.717, 1.165) is 12.8 Å². The first-order valence-electron chi connectivity index (χ1n) is 9.39. The van der Waals surface area contributed by atoms with E-state index in [2.05, 4.69) is 10.6 Å². The average molecular weight is 368 g/mol. The number of amides is 3. The molecule has 0 aromatic heterocycles. The van der Waals surface area contributed by atoms with Gasteiger partial charge >= 0.3 is 6.03 Å². The van der Waals surface area contributed by atoms with Gasteiger partial charge in [0.05, 0.1) is 6.07 Å². The fourth-order valence-corrected chi connectivity index (χ4v) is 3.47. The molecule has 3 amide bonds. The Morgan fingerprint density at radius 3 is 2.27 bits per heavy atom. The molecule has 0 aromatic carbocycles. The normalized spacial score (nSPS) is 23.7. The molecule has 8 heteroatoms. The Morgan fingerprint density at radius 2 is 1.81 bits per heavy atom. The Bertz CT molecular complexity index is 613. The predicted octanol–water partition coefficient (Wildman–Crippen LogP) is 2.55. The van der Waals surface area contributed by atoms with Crippen molar-refractivity contribution in [2.45, 2.75) is 75.8 Å². The Morgan fingerprint density at radius 1 is 1.19 bits per heavy atom. The van der Waals surface area contributed by atoms with Crippen LogP contribution in [0.4, 0.5) is 13.6 Å². The van der Waals surface area contributed by atoms with Crippen LogP contribution in [-0.4, -0.2) is 47.4 Å². The fourth-order valence-electron chi connectivity index (χ4n) is 3.47. The largest absolute Gasteiger partial charge is 0.336 e. The van der Waals surface area contributed by atoms with Gasteiger partial charge in [0.1, 0.15) is 11.6 Å². The third-order valence-corrected chi connectivity index (χ3v) is 6.03. The molecule has 3 aliphatic rings.